The first-order valence-corrected chi connectivity index (χ1v) is 8.30. The van der Waals surface area contributed by atoms with Crippen molar-refractivity contribution < 1.29 is 4.74 Å². The summed E-state index contributed by atoms with van der Waals surface area (Å²) < 4.78 is 5.28. The Kier molecular flexibility index (Phi) is 5.23. The molecule has 1 aromatic rings. The van der Waals surface area contributed by atoms with Gasteiger partial charge in [0, 0.05) is 31.4 Å². The minimum Gasteiger partial charge on any atom is -0.481 e. The number of hydrogen-bond acceptors (Lipinski definition) is 5. The molecule has 1 aliphatic rings. The van der Waals surface area contributed by atoms with Gasteiger partial charge in [0.1, 0.15) is 0 Å². The molecular formula is C14H21N3OS2. The van der Waals surface area contributed by atoms with Gasteiger partial charge in [-0.15, -0.1) is 0 Å². The van der Waals surface area contributed by atoms with E-state index in [2.05, 4.69) is 22.2 Å². The Labute approximate surface area is 130 Å². The van der Waals surface area contributed by atoms with Crippen LogP contribution in [0.15, 0.2) is 18.3 Å². The third-order valence-electron chi connectivity index (χ3n) is 3.94. The molecule has 0 aliphatic carbocycles. The Balaban J connectivity index is 1.99. The van der Waals surface area contributed by atoms with Crippen molar-refractivity contribution in [1.29, 1.82) is 0 Å². The molecule has 20 heavy (non-hydrogen) atoms. The molecule has 1 aromatic heterocycles. The third-order valence-corrected chi connectivity index (χ3v) is 5.87. The van der Waals surface area contributed by atoms with Crippen molar-refractivity contribution in [3.63, 3.8) is 0 Å². The largest absolute Gasteiger partial charge is 0.481 e. The maximum atomic E-state index is 5.92. The second-order valence-corrected chi connectivity index (χ2v) is 6.64. The van der Waals surface area contributed by atoms with E-state index in [1.807, 2.05) is 6.07 Å². The van der Waals surface area contributed by atoms with Crippen LogP contribution >= 0.6 is 24.0 Å². The Morgan fingerprint density at radius 2 is 2.25 bits per heavy atom. The molecular weight excluding hydrogens is 290 g/mol. The molecule has 4 nitrogen and oxygen atoms in total. The van der Waals surface area contributed by atoms with Crippen molar-refractivity contribution in [2.45, 2.75) is 24.1 Å². The number of nitrogens with zero attached hydrogens (tertiary/aromatic N) is 2. The number of piperidine rings is 1. The summed E-state index contributed by atoms with van der Waals surface area (Å²) in [6, 6.07) is 4.01. The maximum Gasteiger partial charge on any atom is 0.217 e. The number of aromatic nitrogens is 1. The van der Waals surface area contributed by atoms with E-state index in [-0.39, 0.29) is 4.75 Å². The second kappa shape index (κ2) is 6.74. The van der Waals surface area contributed by atoms with Crippen molar-refractivity contribution in [1.82, 2.24) is 9.88 Å². The highest BCUT2D eigenvalue weighted by Crippen LogP contribution is 2.35. The maximum absolute atomic E-state index is 5.92. The molecule has 0 unspecified atom stereocenters. The second-order valence-electron chi connectivity index (χ2n) is 5.01. The molecule has 1 saturated heterocycles. The molecule has 0 radical (unpaired) electrons. The van der Waals surface area contributed by atoms with Gasteiger partial charge >= 0.3 is 0 Å². The topological polar surface area (TPSA) is 51.4 Å². The molecule has 0 bridgehead atoms. The van der Waals surface area contributed by atoms with Crippen molar-refractivity contribution in [3.05, 3.63) is 23.9 Å². The highest BCUT2D eigenvalue weighted by atomic mass is 32.2. The molecule has 0 amide bonds. The van der Waals surface area contributed by atoms with E-state index < -0.39 is 0 Å². The van der Waals surface area contributed by atoms with Gasteiger partial charge < -0.3 is 10.5 Å². The van der Waals surface area contributed by atoms with Crippen molar-refractivity contribution in [2.24, 2.45) is 5.73 Å². The minimum atomic E-state index is -0.0230. The molecule has 0 aromatic carbocycles. The zero-order valence-electron chi connectivity index (χ0n) is 12.0. The first-order valence-electron chi connectivity index (χ1n) is 6.66. The van der Waals surface area contributed by atoms with Crippen LogP contribution in [0.3, 0.4) is 0 Å². The van der Waals surface area contributed by atoms with Crippen molar-refractivity contribution >= 4 is 29.0 Å². The average Bonchev–Trinajstić information content (AvgIpc) is 2.48. The van der Waals surface area contributed by atoms with Gasteiger partial charge in [-0.05, 0) is 25.2 Å². The van der Waals surface area contributed by atoms with E-state index in [0.717, 1.165) is 38.0 Å². The molecule has 6 heteroatoms. The van der Waals surface area contributed by atoms with E-state index in [1.54, 1.807) is 25.1 Å². The fraction of sp³-hybridized carbons (Fsp3) is 0.571. The molecule has 1 fully saturated rings. The van der Waals surface area contributed by atoms with E-state index in [0.29, 0.717) is 10.9 Å². The standard InChI is InChI=1S/C14H21N3OS2/c1-18-12-11(4-3-7-16-12)10-17-8-5-14(20-2,6-9-17)13(15)19/h3-4,7H,5-6,8-10H2,1-2H3,(H2,15,19). The number of pyridine rings is 1. The van der Waals surface area contributed by atoms with Crippen LogP contribution in [0.25, 0.3) is 0 Å². The zero-order chi connectivity index (χ0) is 14.6. The van der Waals surface area contributed by atoms with E-state index >= 15 is 0 Å². The first-order chi connectivity index (χ1) is 9.61. The van der Waals surface area contributed by atoms with Gasteiger partial charge in [-0.1, -0.05) is 18.3 Å². The van der Waals surface area contributed by atoms with Crippen LogP contribution in [-0.4, -0.2) is 46.1 Å². The summed E-state index contributed by atoms with van der Waals surface area (Å²) in [6.07, 6.45) is 5.86. The lowest BCUT2D eigenvalue weighted by Gasteiger charge is -2.40. The molecule has 2 heterocycles. The predicted molar refractivity (Wildman–Crippen MR) is 88.3 cm³/mol. The zero-order valence-corrected chi connectivity index (χ0v) is 13.6. The molecule has 2 N–H and O–H groups in total. The quantitative estimate of drug-likeness (QED) is 0.840. The number of likely N-dealkylation sites (tertiary alicyclic amines) is 1. The van der Waals surface area contributed by atoms with Gasteiger partial charge in [0.05, 0.1) is 16.8 Å². The fourth-order valence-corrected chi connectivity index (χ4v) is 3.84. The number of thiocarbonyl (C=S) groups is 1. The van der Waals surface area contributed by atoms with Gasteiger partial charge in [-0.2, -0.15) is 11.8 Å². The predicted octanol–water partition coefficient (Wildman–Crippen LogP) is 2.07. The van der Waals surface area contributed by atoms with E-state index in [1.165, 1.54) is 0 Å². The summed E-state index contributed by atoms with van der Waals surface area (Å²) in [7, 11) is 1.66. The molecule has 0 atom stereocenters. The molecule has 1 aliphatic heterocycles. The lowest BCUT2D eigenvalue weighted by molar-refractivity contribution is 0.209. The Hall–Kier alpha value is -0.850. The summed E-state index contributed by atoms with van der Waals surface area (Å²) in [5.74, 6) is 0.712. The Morgan fingerprint density at radius 1 is 1.55 bits per heavy atom. The Bertz CT molecular complexity index is 473. The number of hydrogen-bond donors (Lipinski definition) is 1. The average molecular weight is 311 g/mol. The monoisotopic (exact) mass is 311 g/mol. The van der Waals surface area contributed by atoms with Gasteiger partial charge in [0.25, 0.3) is 0 Å². The molecule has 0 saturated carbocycles. The Morgan fingerprint density at radius 3 is 2.80 bits per heavy atom. The normalized spacial score (nSPS) is 18.7. The lowest BCUT2D eigenvalue weighted by Crippen LogP contribution is -2.48. The van der Waals surface area contributed by atoms with Gasteiger partial charge in [0.15, 0.2) is 0 Å². The van der Waals surface area contributed by atoms with Crippen LogP contribution in [0, 0.1) is 0 Å². The lowest BCUT2D eigenvalue weighted by atomic mass is 9.95. The number of ether oxygens (including phenoxy) is 1. The molecule has 110 valence electrons. The van der Waals surface area contributed by atoms with Crippen LogP contribution < -0.4 is 10.5 Å². The van der Waals surface area contributed by atoms with E-state index in [9.17, 15) is 0 Å². The van der Waals surface area contributed by atoms with Crippen LogP contribution in [0.2, 0.25) is 0 Å². The van der Waals surface area contributed by atoms with Crippen LogP contribution in [0.5, 0.6) is 5.88 Å². The SMILES string of the molecule is COc1ncccc1CN1CCC(SC)(C(N)=S)CC1. The number of nitrogens with two attached hydrogens (primary N) is 1. The number of rotatable bonds is 5. The third kappa shape index (κ3) is 3.24. The number of methoxy groups -OCH3 is 1. The van der Waals surface area contributed by atoms with Crippen molar-refractivity contribution in [3.8, 4) is 5.88 Å². The summed E-state index contributed by atoms with van der Waals surface area (Å²) in [6.45, 7) is 2.85. The van der Waals surface area contributed by atoms with Crippen LogP contribution in [-0.2, 0) is 6.54 Å². The highest BCUT2D eigenvalue weighted by Gasteiger charge is 2.36. The van der Waals surface area contributed by atoms with Crippen LogP contribution in [0.1, 0.15) is 18.4 Å². The molecule has 0 spiro atoms. The van der Waals surface area contributed by atoms with Crippen LogP contribution in [0.4, 0.5) is 0 Å². The fourth-order valence-electron chi connectivity index (χ4n) is 2.59. The summed E-state index contributed by atoms with van der Waals surface area (Å²) in [5.41, 5.74) is 7.05. The summed E-state index contributed by atoms with van der Waals surface area (Å²) >= 11 is 7.03. The molecule has 2 rings (SSSR count). The highest BCUT2D eigenvalue weighted by molar-refractivity contribution is 8.02. The van der Waals surface area contributed by atoms with E-state index in [4.69, 9.17) is 22.7 Å². The van der Waals surface area contributed by atoms with Gasteiger partial charge in [-0.3, -0.25) is 4.90 Å². The number of thioether (sulfide) groups is 1. The summed E-state index contributed by atoms with van der Waals surface area (Å²) in [5, 5.41) is 0. The van der Waals surface area contributed by atoms with Crippen molar-refractivity contribution in [2.75, 3.05) is 26.5 Å². The smallest absolute Gasteiger partial charge is 0.217 e. The first kappa shape index (κ1) is 15.5. The van der Waals surface area contributed by atoms with Gasteiger partial charge in [-0.25, -0.2) is 4.98 Å². The summed E-state index contributed by atoms with van der Waals surface area (Å²) in [4.78, 5) is 7.29. The minimum absolute atomic E-state index is 0.0230. The van der Waals surface area contributed by atoms with Gasteiger partial charge in [0.2, 0.25) is 5.88 Å².